The quantitative estimate of drug-likeness (QED) is 0.123. The molecule has 0 spiro atoms. The van der Waals surface area contributed by atoms with Gasteiger partial charge in [0.15, 0.2) is 0 Å². The monoisotopic (exact) mass is 597 g/mol. The molecule has 7 aromatic carbocycles. The van der Waals surface area contributed by atoms with Crippen LogP contribution in [0.15, 0.2) is 140 Å². The van der Waals surface area contributed by atoms with Crippen LogP contribution in [0.3, 0.4) is 0 Å². The summed E-state index contributed by atoms with van der Waals surface area (Å²) in [5.74, 6) is 0. The van der Waals surface area contributed by atoms with E-state index in [1.54, 1.807) is 0 Å². The van der Waals surface area contributed by atoms with E-state index in [-0.39, 0.29) is 0 Å². The van der Waals surface area contributed by atoms with Gasteiger partial charge >= 0.3 is 0 Å². The second-order valence-electron chi connectivity index (χ2n) is 13.0. The molecular weight excluding hydrogens is 574 g/mol. The van der Waals surface area contributed by atoms with Gasteiger partial charge in [-0.15, -0.1) is 0 Å². The normalized spacial score (nSPS) is 13.1. The average molecular weight is 598 g/mol. The van der Waals surface area contributed by atoms with Crippen LogP contribution in [0.4, 0.5) is 0 Å². The number of para-hydroxylation sites is 7. The third-order valence-electron chi connectivity index (χ3n) is 10.9. The van der Waals surface area contributed by atoms with Gasteiger partial charge in [-0.1, -0.05) is 66.7 Å². The lowest BCUT2D eigenvalue weighted by Gasteiger charge is -2.28. The van der Waals surface area contributed by atoms with Gasteiger partial charge in [0.2, 0.25) is 0 Å². The van der Waals surface area contributed by atoms with Gasteiger partial charge in [0.1, 0.15) is 0 Å². The van der Waals surface area contributed by atoms with Gasteiger partial charge in [0.25, 0.3) is 0 Å². The average Bonchev–Trinajstić information content (AvgIpc) is 3.66. The van der Waals surface area contributed by atoms with Crippen LogP contribution < -0.4 is 0 Å². The minimum atomic E-state index is 1.20. The molecule has 6 heterocycles. The first-order valence-electron chi connectivity index (χ1n) is 16.2. The minimum absolute atomic E-state index is 1.20. The summed E-state index contributed by atoms with van der Waals surface area (Å²) in [7, 11) is 0. The number of aromatic nitrogens is 5. The van der Waals surface area contributed by atoms with Crippen LogP contribution >= 0.6 is 0 Å². The predicted octanol–water partition coefficient (Wildman–Crippen LogP) is 10.4. The van der Waals surface area contributed by atoms with Crippen LogP contribution in [0, 0.1) is 0 Å². The van der Waals surface area contributed by atoms with E-state index < -0.39 is 0 Å². The van der Waals surface area contributed by atoms with Crippen molar-refractivity contribution in [3.63, 3.8) is 0 Å². The van der Waals surface area contributed by atoms with E-state index in [2.05, 4.69) is 162 Å². The number of benzene rings is 7. The van der Waals surface area contributed by atoms with Crippen molar-refractivity contribution in [3.05, 3.63) is 140 Å². The Morgan fingerprint density at radius 3 is 1.04 bits per heavy atom. The van der Waals surface area contributed by atoms with Gasteiger partial charge in [-0.25, -0.2) is 0 Å². The molecule has 11 aromatic rings. The molecule has 4 aromatic heterocycles. The SMILES string of the molecule is c1ccc2c(c1)c1ccc3c4c1n2c1ccccc1n4c1cccc2c1-n3c1ccc3c4ccccc4n4c5ccccc5n2c1c34. The Bertz CT molecular complexity index is 3240. The highest BCUT2D eigenvalue weighted by Crippen LogP contribution is 2.46. The zero-order valence-corrected chi connectivity index (χ0v) is 25.0. The fourth-order valence-electron chi connectivity index (χ4n) is 9.27. The van der Waals surface area contributed by atoms with E-state index in [0.29, 0.717) is 0 Å². The van der Waals surface area contributed by atoms with Gasteiger partial charge in [-0.2, -0.15) is 0 Å². The van der Waals surface area contributed by atoms with Crippen molar-refractivity contribution in [2.24, 2.45) is 0 Å². The third-order valence-corrected chi connectivity index (χ3v) is 10.9. The molecule has 0 saturated heterocycles. The number of hydrogen-bond donors (Lipinski definition) is 0. The molecule has 0 atom stereocenters. The first-order chi connectivity index (χ1) is 23.4. The smallest absolute Gasteiger partial charge is 0.0954 e. The molecule has 13 rings (SSSR count). The number of nitrogens with zero attached hydrogens (tertiary/aromatic N) is 5. The molecule has 47 heavy (non-hydrogen) atoms. The molecule has 216 valence electrons. The van der Waals surface area contributed by atoms with Gasteiger partial charge in [-0.3, -0.25) is 0 Å². The van der Waals surface area contributed by atoms with Crippen LogP contribution in [-0.4, -0.2) is 22.2 Å². The Morgan fingerprint density at radius 1 is 0.234 bits per heavy atom. The van der Waals surface area contributed by atoms with Crippen LogP contribution in [0.5, 0.6) is 0 Å². The first-order valence-corrected chi connectivity index (χ1v) is 16.2. The summed E-state index contributed by atoms with van der Waals surface area (Å²) >= 11 is 0. The highest BCUT2D eigenvalue weighted by Gasteiger charge is 2.28. The van der Waals surface area contributed by atoms with E-state index in [4.69, 9.17) is 0 Å². The Hall–Kier alpha value is -6.46. The molecule has 0 aliphatic carbocycles. The summed E-state index contributed by atoms with van der Waals surface area (Å²) in [6, 6.07) is 51.7. The largest absolute Gasteiger partial charge is 0.305 e. The Balaban J connectivity index is 1.44. The van der Waals surface area contributed by atoms with Crippen molar-refractivity contribution in [2.75, 3.05) is 0 Å². The number of hydrogen-bond acceptors (Lipinski definition) is 0. The molecule has 0 unspecified atom stereocenters. The Morgan fingerprint density at radius 2 is 0.596 bits per heavy atom. The second kappa shape index (κ2) is 7.49. The highest BCUT2D eigenvalue weighted by molar-refractivity contribution is 6.23. The van der Waals surface area contributed by atoms with Crippen molar-refractivity contribution in [1.29, 1.82) is 0 Å². The Kier molecular flexibility index (Phi) is 3.66. The maximum absolute atomic E-state index is 2.55. The zero-order chi connectivity index (χ0) is 30.1. The highest BCUT2D eigenvalue weighted by atomic mass is 15.1. The molecule has 5 nitrogen and oxygen atoms in total. The van der Waals surface area contributed by atoms with Crippen molar-refractivity contribution in [3.8, 4) is 5.69 Å². The van der Waals surface area contributed by atoms with E-state index >= 15 is 0 Å². The molecule has 5 heteroatoms. The van der Waals surface area contributed by atoms with Gasteiger partial charge in [-0.05, 0) is 72.8 Å². The maximum Gasteiger partial charge on any atom is 0.0954 e. The fourth-order valence-corrected chi connectivity index (χ4v) is 9.27. The molecule has 0 fully saturated rings. The molecule has 0 amide bonds. The molecule has 0 N–H and O–H groups in total. The predicted molar refractivity (Wildman–Crippen MR) is 195 cm³/mol. The lowest BCUT2D eigenvalue weighted by atomic mass is 10.1. The van der Waals surface area contributed by atoms with E-state index in [9.17, 15) is 0 Å². The summed E-state index contributed by atoms with van der Waals surface area (Å²) < 4.78 is 12.6. The second-order valence-corrected chi connectivity index (χ2v) is 13.0. The van der Waals surface area contributed by atoms with Gasteiger partial charge in [0, 0.05) is 21.5 Å². The van der Waals surface area contributed by atoms with E-state index in [1.165, 1.54) is 104 Å². The van der Waals surface area contributed by atoms with E-state index in [0.717, 1.165) is 0 Å². The lowest BCUT2D eigenvalue weighted by molar-refractivity contribution is 1.09. The first kappa shape index (κ1) is 23.0. The number of rotatable bonds is 0. The third kappa shape index (κ3) is 2.36. The van der Waals surface area contributed by atoms with Crippen LogP contribution in [0.25, 0.3) is 104 Å². The number of fused-ring (bicyclic) bond motifs is 16. The molecule has 0 bridgehead atoms. The standard InChI is InChI=1S/C42H23N5/c1-3-12-28-24(10-1)26-20-22-36-41-38(26)43(28)30-14-5-7-16-32(30)45(41)34-18-9-19-35-40(34)47(36)37-23-21-27-25-11-2-4-13-29(25)44-31-15-6-8-17-33(31)46(35)42(37)39(27)44/h1-23H. The molecule has 2 aliphatic rings. The van der Waals surface area contributed by atoms with Crippen LogP contribution in [0.2, 0.25) is 0 Å². The summed E-state index contributed by atoms with van der Waals surface area (Å²) in [4.78, 5) is 0. The Labute approximate surface area is 265 Å². The van der Waals surface area contributed by atoms with E-state index in [1.807, 2.05) is 0 Å². The van der Waals surface area contributed by atoms with Crippen molar-refractivity contribution in [2.45, 2.75) is 0 Å². The molecule has 0 saturated carbocycles. The van der Waals surface area contributed by atoms with Crippen molar-refractivity contribution in [1.82, 2.24) is 22.2 Å². The molecule has 0 radical (unpaired) electrons. The summed E-state index contributed by atoms with van der Waals surface area (Å²) in [6.07, 6.45) is 0. The lowest BCUT2D eigenvalue weighted by Crippen LogP contribution is -2.14. The summed E-state index contributed by atoms with van der Waals surface area (Å²) in [5, 5.41) is 5.12. The van der Waals surface area contributed by atoms with Crippen molar-refractivity contribution < 1.29 is 0 Å². The topological polar surface area (TPSA) is 22.6 Å². The van der Waals surface area contributed by atoms with Crippen LogP contribution in [-0.2, 0) is 0 Å². The summed E-state index contributed by atoms with van der Waals surface area (Å²) in [5.41, 5.74) is 18.3. The van der Waals surface area contributed by atoms with Gasteiger partial charge in [0.05, 0.1) is 82.9 Å². The van der Waals surface area contributed by atoms with Gasteiger partial charge < -0.3 is 22.2 Å². The maximum atomic E-state index is 2.55. The fraction of sp³-hybridized carbons (Fsp3) is 0. The summed E-state index contributed by atoms with van der Waals surface area (Å²) in [6.45, 7) is 0. The van der Waals surface area contributed by atoms with Crippen molar-refractivity contribution >= 4 is 98.8 Å². The zero-order valence-electron chi connectivity index (χ0n) is 25.0. The minimum Gasteiger partial charge on any atom is -0.305 e. The molecule has 2 aliphatic heterocycles. The molecular formula is C42H23N5. The van der Waals surface area contributed by atoms with Crippen LogP contribution in [0.1, 0.15) is 0 Å².